The molecule has 0 spiro atoms. The molecule has 1 aliphatic rings. The summed E-state index contributed by atoms with van der Waals surface area (Å²) in [5.74, 6) is 1.02. The van der Waals surface area contributed by atoms with Gasteiger partial charge in [-0.1, -0.05) is 55.1 Å². The van der Waals surface area contributed by atoms with E-state index in [0.717, 1.165) is 41.0 Å². The lowest BCUT2D eigenvalue weighted by atomic mass is 9.86. The molecule has 4 rings (SSSR count). The van der Waals surface area contributed by atoms with Crippen molar-refractivity contribution < 1.29 is 5.11 Å². The van der Waals surface area contributed by atoms with Gasteiger partial charge in [0.25, 0.3) is 0 Å². The second-order valence-corrected chi connectivity index (χ2v) is 8.37. The summed E-state index contributed by atoms with van der Waals surface area (Å²) < 4.78 is 0. The number of aromatic nitrogens is 2. The molecule has 1 aromatic heterocycles. The fraction of sp³-hybridized carbons (Fsp3) is 0.333. The molecule has 0 amide bonds. The minimum absolute atomic E-state index is 0.352. The lowest BCUT2D eigenvalue weighted by Crippen LogP contribution is -2.24. The van der Waals surface area contributed by atoms with Gasteiger partial charge in [-0.2, -0.15) is 0 Å². The molecule has 1 unspecified atom stereocenters. The Morgan fingerprint density at radius 2 is 1.73 bits per heavy atom. The van der Waals surface area contributed by atoms with Crippen molar-refractivity contribution in [1.29, 1.82) is 0 Å². The monoisotopic (exact) mass is 422 g/mol. The summed E-state index contributed by atoms with van der Waals surface area (Å²) in [5.41, 5.74) is 10.3. The van der Waals surface area contributed by atoms with Crippen molar-refractivity contribution in [2.24, 2.45) is 0 Å². The highest BCUT2D eigenvalue weighted by molar-refractivity contribution is 6.30. The first kappa shape index (κ1) is 20.6. The number of benzene rings is 2. The van der Waals surface area contributed by atoms with Gasteiger partial charge in [-0.15, -0.1) is 0 Å². The van der Waals surface area contributed by atoms with Crippen LogP contribution in [0, 0.1) is 0 Å². The van der Waals surface area contributed by atoms with Crippen molar-refractivity contribution >= 4 is 23.1 Å². The minimum Gasteiger partial charge on any atom is -0.399 e. The number of nitrogen functional groups attached to an aromatic ring is 1. The maximum Gasteiger partial charge on any atom is 0.150 e. The topological polar surface area (TPSA) is 84.1 Å². The molecule has 156 valence electrons. The van der Waals surface area contributed by atoms with Crippen LogP contribution in [0.4, 0.5) is 11.5 Å². The molecule has 1 saturated carbocycles. The predicted octanol–water partition coefficient (Wildman–Crippen LogP) is 5.40. The zero-order chi connectivity index (χ0) is 20.9. The van der Waals surface area contributed by atoms with Crippen LogP contribution in [0.25, 0.3) is 11.3 Å². The van der Waals surface area contributed by atoms with Gasteiger partial charge in [-0.05, 0) is 42.7 Å². The van der Waals surface area contributed by atoms with Crippen LogP contribution in [0.3, 0.4) is 0 Å². The van der Waals surface area contributed by atoms with Crippen LogP contribution in [0.1, 0.15) is 49.3 Å². The molecule has 1 atom stereocenters. The van der Waals surface area contributed by atoms with E-state index in [-0.39, 0.29) is 0 Å². The van der Waals surface area contributed by atoms with E-state index in [9.17, 15) is 5.11 Å². The van der Waals surface area contributed by atoms with Crippen molar-refractivity contribution in [2.75, 3.05) is 11.1 Å². The molecular weight excluding hydrogens is 396 g/mol. The summed E-state index contributed by atoms with van der Waals surface area (Å²) in [6, 6.07) is 15.2. The average molecular weight is 423 g/mol. The number of aliphatic hydroxyl groups is 1. The Labute approximate surface area is 182 Å². The molecule has 1 fully saturated rings. The molecule has 4 N–H and O–H groups in total. The molecule has 0 aliphatic heterocycles. The smallest absolute Gasteiger partial charge is 0.150 e. The quantitative estimate of drug-likeness (QED) is 0.366. The Morgan fingerprint density at radius 1 is 1.03 bits per heavy atom. The van der Waals surface area contributed by atoms with E-state index in [2.05, 4.69) is 10.3 Å². The Bertz CT molecular complexity index is 970. The highest BCUT2D eigenvalue weighted by atomic mass is 35.5. The first-order chi connectivity index (χ1) is 14.6. The minimum atomic E-state index is -0.759. The second kappa shape index (κ2) is 9.45. The Kier molecular flexibility index (Phi) is 6.50. The zero-order valence-electron chi connectivity index (χ0n) is 16.9. The molecule has 6 heteroatoms. The molecule has 1 heterocycles. The van der Waals surface area contributed by atoms with Gasteiger partial charge in [0.05, 0.1) is 17.6 Å². The largest absolute Gasteiger partial charge is 0.399 e. The van der Waals surface area contributed by atoms with Crippen molar-refractivity contribution in [3.63, 3.8) is 0 Å². The standard InChI is InChI=1S/C24H27ClN4O/c25-19-10-6-16(7-11-19)14-22(30)29-24-23(18-4-2-1-3-5-18)28-21(15-27-24)17-8-12-20(26)13-9-17/h6-13,15,18,22,30H,1-5,14,26H2,(H,27,29). The fourth-order valence-corrected chi connectivity index (χ4v) is 4.15. The number of nitrogens with zero attached hydrogens (tertiary/aromatic N) is 2. The number of nitrogens with one attached hydrogen (secondary N) is 1. The summed E-state index contributed by atoms with van der Waals surface area (Å²) in [5, 5.41) is 14.5. The number of anilines is 2. The molecule has 2 aromatic carbocycles. The van der Waals surface area contributed by atoms with E-state index in [1.807, 2.05) is 48.5 Å². The van der Waals surface area contributed by atoms with Crippen LogP contribution in [0.15, 0.2) is 54.7 Å². The molecular formula is C24H27ClN4O. The number of rotatable bonds is 6. The Balaban J connectivity index is 1.58. The van der Waals surface area contributed by atoms with Crippen molar-refractivity contribution in [3.8, 4) is 11.3 Å². The van der Waals surface area contributed by atoms with Crippen molar-refractivity contribution in [2.45, 2.75) is 50.7 Å². The molecule has 3 aromatic rings. The molecule has 0 saturated heterocycles. The van der Waals surface area contributed by atoms with Crippen LogP contribution < -0.4 is 11.1 Å². The van der Waals surface area contributed by atoms with Crippen LogP contribution in [-0.2, 0) is 6.42 Å². The maximum absolute atomic E-state index is 10.6. The van der Waals surface area contributed by atoms with Crippen molar-refractivity contribution in [3.05, 3.63) is 71.0 Å². The van der Waals surface area contributed by atoms with Gasteiger partial charge in [-0.25, -0.2) is 9.97 Å². The lowest BCUT2D eigenvalue weighted by Gasteiger charge is -2.25. The van der Waals surface area contributed by atoms with E-state index < -0.39 is 6.23 Å². The summed E-state index contributed by atoms with van der Waals surface area (Å²) in [7, 11) is 0. The van der Waals surface area contributed by atoms with Crippen molar-refractivity contribution in [1.82, 2.24) is 9.97 Å². The average Bonchev–Trinajstić information content (AvgIpc) is 2.77. The van der Waals surface area contributed by atoms with Gasteiger partial charge in [0, 0.05) is 28.6 Å². The highest BCUT2D eigenvalue weighted by Gasteiger charge is 2.23. The maximum atomic E-state index is 10.6. The van der Waals surface area contributed by atoms with E-state index in [1.54, 1.807) is 6.20 Å². The fourth-order valence-electron chi connectivity index (χ4n) is 4.02. The van der Waals surface area contributed by atoms with E-state index in [0.29, 0.717) is 23.2 Å². The second-order valence-electron chi connectivity index (χ2n) is 7.94. The summed E-state index contributed by atoms with van der Waals surface area (Å²) in [4.78, 5) is 9.64. The third-order valence-corrected chi connectivity index (χ3v) is 5.90. The number of hydrogen-bond acceptors (Lipinski definition) is 5. The zero-order valence-corrected chi connectivity index (χ0v) is 17.6. The molecule has 1 aliphatic carbocycles. The Morgan fingerprint density at radius 3 is 2.43 bits per heavy atom. The van der Waals surface area contributed by atoms with Gasteiger partial charge in [0.1, 0.15) is 12.0 Å². The Hall–Kier alpha value is -2.63. The number of aliphatic hydroxyl groups excluding tert-OH is 1. The summed E-state index contributed by atoms with van der Waals surface area (Å²) in [6.07, 6.45) is 7.33. The van der Waals surface area contributed by atoms with Crippen LogP contribution >= 0.6 is 11.6 Å². The van der Waals surface area contributed by atoms with Gasteiger partial charge in [-0.3, -0.25) is 0 Å². The first-order valence-corrected chi connectivity index (χ1v) is 10.9. The van der Waals surface area contributed by atoms with E-state index in [4.69, 9.17) is 22.3 Å². The normalized spacial score (nSPS) is 15.7. The molecule has 5 nitrogen and oxygen atoms in total. The molecule has 0 radical (unpaired) electrons. The summed E-state index contributed by atoms with van der Waals surface area (Å²) in [6.45, 7) is 0. The first-order valence-electron chi connectivity index (χ1n) is 10.5. The van der Waals surface area contributed by atoms with E-state index in [1.165, 1.54) is 19.3 Å². The van der Waals surface area contributed by atoms with Crippen LogP contribution in [0.5, 0.6) is 0 Å². The van der Waals surface area contributed by atoms with Gasteiger partial charge in [0.2, 0.25) is 0 Å². The SMILES string of the molecule is Nc1ccc(-c2cnc(NC(O)Cc3ccc(Cl)cc3)c(C3CCCCC3)n2)cc1. The molecule has 30 heavy (non-hydrogen) atoms. The number of halogens is 1. The third kappa shape index (κ3) is 5.10. The van der Waals surface area contributed by atoms with Gasteiger partial charge >= 0.3 is 0 Å². The van der Waals surface area contributed by atoms with Gasteiger partial charge < -0.3 is 16.2 Å². The summed E-state index contributed by atoms with van der Waals surface area (Å²) >= 11 is 5.96. The van der Waals surface area contributed by atoms with Crippen LogP contribution in [0.2, 0.25) is 5.02 Å². The van der Waals surface area contributed by atoms with E-state index >= 15 is 0 Å². The number of hydrogen-bond donors (Lipinski definition) is 3. The van der Waals surface area contributed by atoms with Crippen LogP contribution in [-0.4, -0.2) is 21.3 Å². The predicted molar refractivity (Wildman–Crippen MR) is 122 cm³/mol. The third-order valence-electron chi connectivity index (χ3n) is 5.64. The molecule has 0 bridgehead atoms. The van der Waals surface area contributed by atoms with Gasteiger partial charge in [0.15, 0.2) is 0 Å². The number of nitrogens with two attached hydrogens (primary N) is 1. The lowest BCUT2D eigenvalue weighted by molar-refractivity contribution is 0.203. The highest BCUT2D eigenvalue weighted by Crippen LogP contribution is 2.36.